The average Bonchev–Trinajstić information content (AvgIpc) is 3.12. The molecule has 226 valence electrons. The number of piperazine rings is 1. The number of benzene rings is 1. The van der Waals surface area contributed by atoms with E-state index in [9.17, 15) is 32.3 Å². The second-order valence-electron chi connectivity index (χ2n) is 11.4. The molecule has 2 fully saturated rings. The van der Waals surface area contributed by atoms with E-state index in [1.807, 2.05) is 30.3 Å². The van der Waals surface area contributed by atoms with Crippen LogP contribution in [0.1, 0.15) is 37.9 Å². The first-order valence-electron chi connectivity index (χ1n) is 13.7. The van der Waals surface area contributed by atoms with Crippen molar-refractivity contribution in [3.63, 3.8) is 0 Å². The van der Waals surface area contributed by atoms with Crippen LogP contribution in [-0.4, -0.2) is 92.9 Å². The van der Waals surface area contributed by atoms with Crippen LogP contribution in [0.2, 0.25) is 0 Å². The second-order valence-corrected chi connectivity index (χ2v) is 11.4. The van der Waals surface area contributed by atoms with Gasteiger partial charge in [-0.05, 0) is 50.8 Å². The van der Waals surface area contributed by atoms with Gasteiger partial charge in [0.25, 0.3) is 5.91 Å². The zero-order chi connectivity index (χ0) is 30.7. The van der Waals surface area contributed by atoms with Crippen LogP contribution in [0.25, 0.3) is 0 Å². The zero-order valence-electron chi connectivity index (χ0n) is 23.6. The van der Waals surface area contributed by atoms with Gasteiger partial charge in [0, 0.05) is 31.4 Å². The molecule has 0 aliphatic carbocycles. The third kappa shape index (κ3) is 6.89. The standard InChI is InChI=1S/C29H35F3N6O4/c1-27(2,33)24(40)35-22(13-8-11-20-9-4-3-5-10-20)23(39)36-15-16-38-26(42)37(19-29(30,31)32)25(41)28(38,18-36)17-21-12-6-7-14-34-21/h3-7,9-10,12,14,22H,8,11,13,15-19,33H2,1-2H3,(H,35,40)/t22-,28+/m1/s1. The van der Waals surface area contributed by atoms with Crippen molar-refractivity contribution in [3.05, 3.63) is 66.0 Å². The van der Waals surface area contributed by atoms with Gasteiger partial charge in [0.15, 0.2) is 0 Å². The maximum Gasteiger partial charge on any atom is 0.406 e. The lowest BCUT2D eigenvalue weighted by Crippen LogP contribution is -2.67. The van der Waals surface area contributed by atoms with E-state index in [1.165, 1.54) is 24.9 Å². The summed E-state index contributed by atoms with van der Waals surface area (Å²) in [5, 5.41) is 2.73. The van der Waals surface area contributed by atoms with Crippen LogP contribution in [0.3, 0.4) is 0 Å². The van der Waals surface area contributed by atoms with Crippen molar-refractivity contribution in [2.45, 2.75) is 62.8 Å². The van der Waals surface area contributed by atoms with E-state index in [0.717, 1.165) is 10.5 Å². The number of aromatic nitrogens is 1. The van der Waals surface area contributed by atoms with Gasteiger partial charge in [-0.15, -0.1) is 0 Å². The SMILES string of the molecule is CC(C)(N)C(=O)N[C@H](CCCc1ccccc1)C(=O)N1CCN2C(=O)N(CC(F)(F)F)C(=O)[C@]2(Cc2ccccn2)C1. The first-order valence-corrected chi connectivity index (χ1v) is 13.7. The molecule has 1 aromatic heterocycles. The zero-order valence-corrected chi connectivity index (χ0v) is 23.6. The molecule has 2 atom stereocenters. The number of fused-ring (bicyclic) bond motifs is 1. The number of carbonyl (C=O) groups excluding carboxylic acids is 4. The van der Waals surface area contributed by atoms with E-state index < -0.39 is 53.6 Å². The molecule has 2 saturated heterocycles. The number of rotatable bonds is 10. The van der Waals surface area contributed by atoms with Crippen molar-refractivity contribution in [3.8, 4) is 0 Å². The largest absolute Gasteiger partial charge is 0.406 e. The molecular formula is C29H35F3N6O4. The van der Waals surface area contributed by atoms with Crippen LogP contribution in [0.15, 0.2) is 54.7 Å². The molecule has 13 heteroatoms. The molecule has 0 unspecified atom stereocenters. The number of nitrogens with zero attached hydrogens (tertiary/aromatic N) is 4. The van der Waals surface area contributed by atoms with E-state index in [4.69, 9.17) is 5.73 Å². The van der Waals surface area contributed by atoms with E-state index >= 15 is 0 Å². The van der Waals surface area contributed by atoms with Crippen molar-refractivity contribution in [1.82, 2.24) is 25.0 Å². The second kappa shape index (κ2) is 12.1. The molecule has 0 spiro atoms. The Hall–Kier alpha value is -4.00. The minimum Gasteiger partial charge on any atom is -0.343 e. The Balaban J connectivity index is 1.61. The minimum atomic E-state index is -4.80. The Bertz CT molecular complexity index is 1300. The molecule has 2 aliphatic rings. The molecule has 2 aliphatic heterocycles. The van der Waals surface area contributed by atoms with Crippen molar-refractivity contribution in [2.75, 3.05) is 26.2 Å². The first-order chi connectivity index (χ1) is 19.7. The Labute approximate surface area is 242 Å². The molecule has 2 aromatic rings. The quantitative estimate of drug-likeness (QED) is 0.410. The first kappa shape index (κ1) is 30.9. The lowest BCUT2D eigenvalue weighted by Gasteiger charge is -2.45. The third-order valence-electron chi connectivity index (χ3n) is 7.51. The normalized spacial score (nSPS) is 20.0. The summed E-state index contributed by atoms with van der Waals surface area (Å²) in [4.78, 5) is 60.4. The van der Waals surface area contributed by atoms with Gasteiger partial charge in [-0.3, -0.25) is 24.3 Å². The summed E-state index contributed by atoms with van der Waals surface area (Å²) in [5.41, 5.74) is 4.35. The summed E-state index contributed by atoms with van der Waals surface area (Å²) in [7, 11) is 0. The Morgan fingerprint density at radius 2 is 1.76 bits per heavy atom. The predicted octanol–water partition coefficient (Wildman–Crippen LogP) is 2.28. The van der Waals surface area contributed by atoms with Crippen LogP contribution in [-0.2, 0) is 27.2 Å². The molecule has 3 heterocycles. The molecule has 1 aromatic carbocycles. The Kier molecular flexibility index (Phi) is 8.90. The van der Waals surface area contributed by atoms with Crippen LogP contribution in [0.4, 0.5) is 18.0 Å². The number of imide groups is 1. The number of halogens is 3. The number of carbonyl (C=O) groups is 4. The highest BCUT2D eigenvalue weighted by Gasteiger charge is 2.61. The number of pyridine rings is 1. The summed E-state index contributed by atoms with van der Waals surface area (Å²) in [5.74, 6) is -2.10. The monoisotopic (exact) mass is 588 g/mol. The molecule has 10 nitrogen and oxygen atoms in total. The summed E-state index contributed by atoms with van der Waals surface area (Å²) >= 11 is 0. The lowest BCUT2D eigenvalue weighted by molar-refractivity contribution is -0.157. The molecule has 4 rings (SSSR count). The number of hydrogen-bond donors (Lipinski definition) is 2. The van der Waals surface area contributed by atoms with E-state index in [1.54, 1.807) is 18.2 Å². The summed E-state index contributed by atoms with van der Waals surface area (Å²) in [6.45, 7) is 0.740. The smallest absolute Gasteiger partial charge is 0.343 e. The van der Waals surface area contributed by atoms with Crippen LogP contribution in [0.5, 0.6) is 0 Å². The highest BCUT2D eigenvalue weighted by molar-refractivity contribution is 6.08. The minimum absolute atomic E-state index is 0.0290. The number of hydrogen-bond acceptors (Lipinski definition) is 6. The van der Waals surface area contributed by atoms with E-state index in [0.29, 0.717) is 18.5 Å². The van der Waals surface area contributed by atoms with Gasteiger partial charge in [-0.1, -0.05) is 36.4 Å². The molecule has 0 radical (unpaired) electrons. The van der Waals surface area contributed by atoms with E-state index in [-0.39, 0.29) is 37.4 Å². The van der Waals surface area contributed by atoms with Crippen molar-refractivity contribution in [2.24, 2.45) is 5.73 Å². The fourth-order valence-electron chi connectivity index (χ4n) is 5.37. The van der Waals surface area contributed by atoms with Gasteiger partial charge in [-0.2, -0.15) is 13.2 Å². The summed E-state index contributed by atoms with van der Waals surface area (Å²) < 4.78 is 40.1. The third-order valence-corrected chi connectivity index (χ3v) is 7.51. The van der Waals surface area contributed by atoms with Gasteiger partial charge in [0.1, 0.15) is 18.1 Å². The van der Waals surface area contributed by atoms with Crippen molar-refractivity contribution >= 4 is 23.8 Å². The fourth-order valence-corrected chi connectivity index (χ4v) is 5.37. The van der Waals surface area contributed by atoms with Gasteiger partial charge in [0.2, 0.25) is 11.8 Å². The summed E-state index contributed by atoms with van der Waals surface area (Å²) in [6, 6.07) is 12.5. The number of amides is 5. The topological polar surface area (TPSA) is 129 Å². The van der Waals surface area contributed by atoms with Gasteiger partial charge in [-0.25, -0.2) is 4.79 Å². The van der Waals surface area contributed by atoms with Crippen molar-refractivity contribution in [1.29, 1.82) is 0 Å². The molecule has 3 N–H and O–H groups in total. The highest BCUT2D eigenvalue weighted by Crippen LogP contribution is 2.36. The van der Waals surface area contributed by atoms with Gasteiger partial charge in [0.05, 0.1) is 12.1 Å². The van der Waals surface area contributed by atoms with Crippen LogP contribution >= 0.6 is 0 Å². The van der Waals surface area contributed by atoms with Crippen LogP contribution < -0.4 is 11.1 Å². The molecule has 5 amide bonds. The number of nitrogens with two attached hydrogens (primary N) is 1. The number of urea groups is 1. The van der Waals surface area contributed by atoms with Crippen molar-refractivity contribution < 1.29 is 32.3 Å². The molecule has 0 bridgehead atoms. The summed E-state index contributed by atoms with van der Waals surface area (Å²) in [6.07, 6.45) is -2.06. The highest BCUT2D eigenvalue weighted by atomic mass is 19.4. The molecular weight excluding hydrogens is 553 g/mol. The number of alkyl halides is 3. The molecule has 0 saturated carbocycles. The van der Waals surface area contributed by atoms with Gasteiger partial charge < -0.3 is 20.9 Å². The lowest BCUT2D eigenvalue weighted by atomic mass is 9.88. The number of aryl methyl sites for hydroxylation is 1. The maximum atomic E-state index is 13.9. The average molecular weight is 589 g/mol. The van der Waals surface area contributed by atoms with Crippen LogP contribution in [0, 0.1) is 0 Å². The fraction of sp³-hybridized carbons (Fsp3) is 0.483. The van der Waals surface area contributed by atoms with Gasteiger partial charge >= 0.3 is 12.2 Å². The van der Waals surface area contributed by atoms with E-state index in [2.05, 4.69) is 10.3 Å². The maximum absolute atomic E-state index is 13.9. The Morgan fingerprint density at radius 3 is 2.38 bits per heavy atom. The Morgan fingerprint density at radius 1 is 1.07 bits per heavy atom. The number of nitrogens with one attached hydrogen (secondary N) is 1. The predicted molar refractivity (Wildman–Crippen MR) is 147 cm³/mol. The molecule has 42 heavy (non-hydrogen) atoms.